The van der Waals surface area contributed by atoms with Crippen molar-refractivity contribution in [2.24, 2.45) is 0 Å². The number of thiocarbonyl (C=S) groups is 1. The smallest absolute Gasteiger partial charge is 0.406 e. The van der Waals surface area contributed by atoms with E-state index in [4.69, 9.17) is 12.2 Å². The molecule has 0 aliphatic heterocycles. The van der Waals surface area contributed by atoms with Gasteiger partial charge in [0.2, 0.25) is 0 Å². The van der Waals surface area contributed by atoms with Crippen molar-refractivity contribution >= 4 is 60.9 Å². The number of hydrogen-bond donors (Lipinski definition) is 2. The second-order valence-electron chi connectivity index (χ2n) is 6.02. The van der Waals surface area contributed by atoms with Crippen molar-refractivity contribution in [2.45, 2.75) is 10.6 Å². The zero-order valence-electron chi connectivity index (χ0n) is 15.1. The minimum Gasteiger partial charge on any atom is -0.406 e. The number of anilines is 1. The second kappa shape index (κ2) is 8.20. The fourth-order valence-corrected chi connectivity index (χ4v) is 5.12. The van der Waals surface area contributed by atoms with Crippen molar-refractivity contribution in [3.63, 3.8) is 0 Å². The van der Waals surface area contributed by atoms with Gasteiger partial charge in [-0.05, 0) is 36.5 Å². The van der Waals surface area contributed by atoms with Crippen molar-refractivity contribution in [1.82, 2.24) is 5.32 Å². The molecule has 0 bridgehead atoms. The van der Waals surface area contributed by atoms with Gasteiger partial charge >= 0.3 is 6.36 Å². The number of hydrogen-bond acceptors (Lipinski definition) is 6. The highest BCUT2D eigenvalue weighted by atomic mass is 32.2. The molecule has 1 aromatic heterocycles. The number of fused-ring (bicyclic) bond motifs is 1. The maximum Gasteiger partial charge on any atom is 0.573 e. The lowest BCUT2D eigenvalue weighted by molar-refractivity contribution is -0.274. The minimum absolute atomic E-state index is 0.0716. The monoisotopic (exact) mass is 474 g/mol. The SMILES string of the molecule is CS(=O)(=O)c1sc(C(=O)NC(=S)Nc2ccc(OC(F)(F)F)cc2)c2ccccc12. The van der Waals surface area contributed by atoms with Crippen LogP contribution in [-0.2, 0) is 9.84 Å². The number of halogens is 3. The van der Waals surface area contributed by atoms with E-state index in [2.05, 4.69) is 15.4 Å². The van der Waals surface area contributed by atoms with E-state index in [1.165, 1.54) is 12.1 Å². The first kappa shape index (κ1) is 22.0. The Bertz CT molecular complexity index is 1220. The van der Waals surface area contributed by atoms with E-state index in [1.807, 2.05) is 0 Å². The normalized spacial score (nSPS) is 11.9. The van der Waals surface area contributed by atoms with Gasteiger partial charge in [-0.25, -0.2) is 8.42 Å². The maximum absolute atomic E-state index is 12.6. The van der Waals surface area contributed by atoms with Crippen molar-refractivity contribution in [3.05, 3.63) is 53.4 Å². The molecule has 0 saturated carbocycles. The third-order valence-corrected chi connectivity index (χ3v) is 6.97. The Hall–Kier alpha value is -2.70. The van der Waals surface area contributed by atoms with E-state index in [0.29, 0.717) is 16.5 Å². The largest absolute Gasteiger partial charge is 0.573 e. The van der Waals surface area contributed by atoms with E-state index >= 15 is 0 Å². The third kappa shape index (κ3) is 5.26. The quantitative estimate of drug-likeness (QED) is 0.548. The summed E-state index contributed by atoms with van der Waals surface area (Å²) in [5, 5.41) is 5.91. The summed E-state index contributed by atoms with van der Waals surface area (Å²) in [6, 6.07) is 11.4. The molecule has 0 spiro atoms. The van der Waals surface area contributed by atoms with Crippen molar-refractivity contribution in [2.75, 3.05) is 11.6 Å². The standard InChI is InChI=1S/C18H13F3N2O4S3/c1-30(25,26)16-13-5-3-2-4-12(13)14(29-16)15(24)23-17(28)22-10-6-8-11(9-7-10)27-18(19,20)21/h2-9H,1H3,(H2,22,23,24,28). The number of nitrogens with one attached hydrogen (secondary N) is 2. The Morgan fingerprint density at radius 2 is 1.67 bits per heavy atom. The van der Waals surface area contributed by atoms with E-state index in [-0.39, 0.29) is 14.2 Å². The molecule has 3 aromatic rings. The number of sulfone groups is 1. The molecule has 3 rings (SSSR count). The van der Waals surface area contributed by atoms with Crippen LogP contribution in [0.2, 0.25) is 0 Å². The van der Waals surface area contributed by atoms with E-state index in [0.717, 1.165) is 29.7 Å². The van der Waals surface area contributed by atoms with E-state index < -0.39 is 27.9 Å². The molecule has 6 nitrogen and oxygen atoms in total. The summed E-state index contributed by atoms with van der Waals surface area (Å²) in [6.45, 7) is 0. The van der Waals surface area contributed by atoms with Gasteiger partial charge in [0.1, 0.15) is 14.8 Å². The highest BCUT2D eigenvalue weighted by molar-refractivity contribution is 7.93. The molecular formula is C18H13F3N2O4S3. The maximum atomic E-state index is 12.6. The van der Waals surface area contributed by atoms with Crippen molar-refractivity contribution < 1.29 is 31.1 Å². The van der Waals surface area contributed by atoms with Crippen LogP contribution in [0.3, 0.4) is 0 Å². The molecule has 2 N–H and O–H groups in total. The molecule has 0 saturated heterocycles. The summed E-state index contributed by atoms with van der Waals surface area (Å²) in [4.78, 5) is 12.8. The lowest BCUT2D eigenvalue weighted by Gasteiger charge is -2.11. The van der Waals surface area contributed by atoms with Gasteiger partial charge in [0, 0.05) is 22.7 Å². The Kier molecular flexibility index (Phi) is 6.01. The first-order chi connectivity index (χ1) is 13.9. The van der Waals surface area contributed by atoms with Crippen molar-refractivity contribution in [1.29, 1.82) is 0 Å². The molecule has 1 heterocycles. The van der Waals surface area contributed by atoms with E-state index in [1.54, 1.807) is 24.3 Å². The topological polar surface area (TPSA) is 84.5 Å². The Morgan fingerprint density at radius 3 is 2.23 bits per heavy atom. The lowest BCUT2D eigenvalue weighted by atomic mass is 10.2. The summed E-state index contributed by atoms with van der Waals surface area (Å²) < 4.78 is 64.5. The van der Waals surface area contributed by atoms with Crippen LogP contribution in [0, 0.1) is 0 Å². The lowest BCUT2D eigenvalue weighted by Crippen LogP contribution is -2.33. The summed E-state index contributed by atoms with van der Waals surface area (Å²) in [7, 11) is -3.54. The zero-order chi connectivity index (χ0) is 22.1. The average Bonchev–Trinajstić information content (AvgIpc) is 3.02. The number of ether oxygens (including phenoxy) is 1. The van der Waals surface area contributed by atoms with Gasteiger partial charge < -0.3 is 10.1 Å². The molecule has 0 aliphatic carbocycles. The predicted molar refractivity (Wildman–Crippen MR) is 112 cm³/mol. The molecule has 1 amide bonds. The van der Waals surface area contributed by atoms with Crippen LogP contribution in [0.5, 0.6) is 5.75 Å². The molecule has 0 fully saturated rings. The van der Waals surface area contributed by atoms with Crippen molar-refractivity contribution in [3.8, 4) is 5.75 Å². The number of amides is 1. The first-order valence-electron chi connectivity index (χ1n) is 8.14. The highest BCUT2D eigenvalue weighted by Gasteiger charge is 2.31. The number of carbonyl (C=O) groups excluding carboxylic acids is 1. The highest BCUT2D eigenvalue weighted by Crippen LogP contribution is 2.34. The Morgan fingerprint density at radius 1 is 1.07 bits per heavy atom. The van der Waals surface area contributed by atoms with Crippen LogP contribution >= 0.6 is 23.6 Å². The zero-order valence-corrected chi connectivity index (χ0v) is 17.6. The molecule has 2 aromatic carbocycles. The number of carbonyl (C=O) groups is 1. The summed E-state index contributed by atoms with van der Waals surface area (Å²) >= 11 is 5.90. The molecule has 12 heteroatoms. The molecule has 0 unspecified atom stereocenters. The summed E-state index contributed by atoms with van der Waals surface area (Å²) in [5.41, 5.74) is 0.322. The Balaban J connectivity index is 1.74. The predicted octanol–water partition coefficient (Wildman–Crippen LogP) is 4.33. The van der Waals surface area contributed by atoms with Gasteiger partial charge in [0.05, 0.1) is 0 Å². The summed E-state index contributed by atoms with van der Waals surface area (Å²) in [6.07, 6.45) is -3.74. The molecule has 30 heavy (non-hydrogen) atoms. The van der Waals surface area contributed by atoms with Crippen LogP contribution in [-0.4, -0.2) is 32.1 Å². The molecule has 0 aliphatic rings. The number of thiophene rings is 1. The van der Waals surface area contributed by atoms with Gasteiger partial charge in [-0.15, -0.1) is 24.5 Å². The molecule has 0 atom stereocenters. The number of benzene rings is 2. The van der Waals surface area contributed by atoms with Crippen LogP contribution in [0.25, 0.3) is 10.8 Å². The van der Waals surface area contributed by atoms with Crippen LogP contribution in [0.4, 0.5) is 18.9 Å². The average molecular weight is 475 g/mol. The fourth-order valence-electron chi connectivity index (χ4n) is 2.57. The fraction of sp³-hybridized carbons (Fsp3) is 0.111. The second-order valence-corrected chi connectivity index (χ2v) is 9.66. The van der Waals surface area contributed by atoms with E-state index in [9.17, 15) is 26.4 Å². The molecule has 158 valence electrons. The van der Waals surface area contributed by atoms with Crippen LogP contribution in [0.15, 0.2) is 52.7 Å². The molecular weight excluding hydrogens is 461 g/mol. The number of alkyl halides is 3. The Labute approximate surface area is 178 Å². The van der Waals surface area contributed by atoms with Crippen LogP contribution < -0.4 is 15.4 Å². The van der Waals surface area contributed by atoms with Gasteiger partial charge in [-0.2, -0.15) is 0 Å². The number of rotatable bonds is 4. The molecule has 0 radical (unpaired) electrons. The first-order valence-corrected chi connectivity index (χ1v) is 11.3. The minimum atomic E-state index is -4.80. The van der Waals surface area contributed by atoms with Gasteiger partial charge in [0.25, 0.3) is 5.91 Å². The third-order valence-electron chi connectivity index (χ3n) is 3.70. The van der Waals surface area contributed by atoms with Gasteiger partial charge in [-0.1, -0.05) is 24.3 Å². The van der Waals surface area contributed by atoms with Gasteiger partial charge in [0.15, 0.2) is 14.9 Å². The van der Waals surface area contributed by atoms with Gasteiger partial charge in [-0.3, -0.25) is 10.1 Å². The summed E-state index contributed by atoms with van der Waals surface area (Å²) in [5.74, 6) is -1.01. The van der Waals surface area contributed by atoms with Crippen LogP contribution in [0.1, 0.15) is 9.67 Å².